The largest absolute Gasteiger partial charge is 0.483 e. The van der Waals surface area contributed by atoms with E-state index in [1.165, 1.54) is 0 Å². The summed E-state index contributed by atoms with van der Waals surface area (Å²) in [6.07, 6.45) is 2.57. The van der Waals surface area contributed by atoms with Gasteiger partial charge in [0, 0.05) is 37.1 Å². The number of benzene rings is 1. The average molecular weight is 391 g/mol. The average Bonchev–Trinajstić information content (AvgIpc) is 3.11. The van der Waals surface area contributed by atoms with Crippen LogP contribution in [0.5, 0.6) is 5.75 Å². The number of carbonyl (C=O) groups is 1. The molecule has 1 aromatic carbocycles. The summed E-state index contributed by atoms with van der Waals surface area (Å²) in [6.45, 7) is 4.52. The standard InChI is InChI=1S/C20H23ClN2O4/c1-13-10-15(21)2-3-17(13)26-12-19(24)23-7-4-18-16(11-23)22-20(27-18)14-5-8-25-9-6-14/h2-3,10,14H,4-9,11-12H2,1H3. The number of aromatic nitrogens is 1. The first-order chi connectivity index (χ1) is 13.1. The van der Waals surface area contributed by atoms with Gasteiger partial charge in [0.15, 0.2) is 12.5 Å². The van der Waals surface area contributed by atoms with Gasteiger partial charge in [-0.15, -0.1) is 0 Å². The zero-order chi connectivity index (χ0) is 18.8. The molecule has 0 atom stereocenters. The second-order valence-electron chi connectivity index (χ2n) is 7.07. The number of hydrogen-bond acceptors (Lipinski definition) is 5. The molecule has 0 spiro atoms. The molecule has 1 saturated heterocycles. The minimum atomic E-state index is -0.0504. The van der Waals surface area contributed by atoms with Crippen LogP contribution in [0.25, 0.3) is 0 Å². The monoisotopic (exact) mass is 390 g/mol. The lowest BCUT2D eigenvalue weighted by atomic mass is 10.0. The first-order valence-electron chi connectivity index (χ1n) is 9.33. The Morgan fingerprint density at radius 1 is 1.37 bits per heavy atom. The summed E-state index contributed by atoms with van der Waals surface area (Å²) in [5.74, 6) is 2.66. The number of hydrogen-bond donors (Lipinski definition) is 0. The van der Waals surface area contributed by atoms with Gasteiger partial charge in [0.25, 0.3) is 5.91 Å². The van der Waals surface area contributed by atoms with E-state index in [-0.39, 0.29) is 12.5 Å². The number of amides is 1. The molecule has 2 aliphatic heterocycles. The molecule has 3 heterocycles. The third-order valence-electron chi connectivity index (χ3n) is 5.16. The highest BCUT2D eigenvalue weighted by molar-refractivity contribution is 6.30. The van der Waals surface area contributed by atoms with E-state index in [1.807, 2.05) is 13.0 Å². The fraction of sp³-hybridized carbons (Fsp3) is 0.500. The smallest absolute Gasteiger partial charge is 0.260 e. The summed E-state index contributed by atoms with van der Waals surface area (Å²) >= 11 is 5.95. The van der Waals surface area contributed by atoms with Crippen molar-refractivity contribution in [2.45, 2.75) is 38.6 Å². The summed E-state index contributed by atoms with van der Waals surface area (Å²) in [5, 5.41) is 0.654. The predicted octanol–water partition coefficient (Wildman–Crippen LogP) is 3.49. The maximum atomic E-state index is 12.6. The molecule has 1 amide bonds. The zero-order valence-corrected chi connectivity index (χ0v) is 16.1. The van der Waals surface area contributed by atoms with Gasteiger partial charge in [-0.05, 0) is 43.5 Å². The lowest BCUT2D eigenvalue weighted by molar-refractivity contribution is -0.134. The summed E-state index contributed by atoms with van der Waals surface area (Å²) in [6, 6.07) is 5.37. The molecular weight excluding hydrogens is 368 g/mol. The van der Waals surface area contributed by atoms with Crippen LogP contribution in [0.3, 0.4) is 0 Å². The van der Waals surface area contributed by atoms with Gasteiger partial charge in [-0.3, -0.25) is 4.79 Å². The number of halogens is 1. The Bertz CT molecular complexity index is 829. The SMILES string of the molecule is Cc1cc(Cl)ccc1OCC(=O)N1CCc2oc(C3CCOCC3)nc2C1. The molecule has 27 heavy (non-hydrogen) atoms. The van der Waals surface area contributed by atoms with Crippen molar-refractivity contribution in [1.29, 1.82) is 0 Å². The highest BCUT2D eigenvalue weighted by atomic mass is 35.5. The number of aryl methyl sites for hydroxylation is 1. The molecule has 1 fully saturated rings. The van der Waals surface area contributed by atoms with Crippen LogP contribution in [0.1, 0.15) is 41.7 Å². The minimum Gasteiger partial charge on any atom is -0.483 e. The van der Waals surface area contributed by atoms with Gasteiger partial charge in [0.2, 0.25) is 0 Å². The van der Waals surface area contributed by atoms with Crippen molar-refractivity contribution in [3.8, 4) is 5.75 Å². The number of rotatable bonds is 4. The van der Waals surface area contributed by atoms with Crippen molar-refractivity contribution in [2.24, 2.45) is 0 Å². The third kappa shape index (κ3) is 4.12. The van der Waals surface area contributed by atoms with Crippen LogP contribution in [-0.2, 0) is 22.5 Å². The summed E-state index contributed by atoms with van der Waals surface area (Å²) in [7, 11) is 0. The summed E-state index contributed by atoms with van der Waals surface area (Å²) in [5.41, 5.74) is 1.78. The molecule has 0 N–H and O–H groups in total. The highest BCUT2D eigenvalue weighted by Crippen LogP contribution is 2.30. The van der Waals surface area contributed by atoms with Gasteiger partial charge in [0.05, 0.1) is 6.54 Å². The molecule has 2 aliphatic rings. The quantitative estimate of drug-likeness (QED) is 0.799. The van der Waals surface area contributed by atoms with E-state index < -0.39 is 0 Å². The highest BCUT2D eigenvalue weighted by Gasteiger charge is 2.28. The van der Waals surface area contributed by atoms with Gasteiger partial charge in [-0.25, -0.2) is 4.98 Å². The molecule has 0 saturated carbocycles. The van der Waals surface area contributed by atoms with Crippen molar-refractivity contribution in [3.63, 3.8) is 0 Å². The predicted molar refractivity (Wildman–Crippen MR) is 100 cm³/mol. The van der Waals surface area contributed by atoms with Crippen molar-refractivity contribution < 1.29 is 18.7 Å². The fourth-order valence-corrected chi connectivity index (χ4v) is 3.78. The molecule has 0 radical (unpaired) electrons. The zero-order valence-electron chi connectivity index (χ0n) is 15.4. The van der Waals surface area contributed by atoms with E-state index in [1.54, 1.807) is 17.0 Å². The molecule has 7 heteroatoms. The lowest BCUT2D eigenvalue weighted by Crippen LogP contribution is -2.38. The number of carbonyl (C=O) groups excluding carboxylic acids is 1. The van der Waals surface area contributed by atoms with E-state index in [4.69, 9.17) is 25.5 Å². The van der Waals surface area contributed by atoms with Gasteiger partial charge >= 0.3 is 0 Å². The van der Waals surface area contributed by atoms with Gasteiger partial charge in [-0.2, -0.15) is 0 Å². The van der Waals surface area contributed by atoms with Gasteiger partial charge < -0.3 is 18.8 Å². The van der Waals surface area contributed by atoms with Crippen molar-refractivity contribution in [1.82, 2.24) is 9.88 Å². The summed E-state index contributed by atoms with van der Waals surface area (Å²) in [4.78, 5) is 19.0. The van der Waals surface area contributed by atoms with Crippen LogP contribution in [0.4, 0.5) is 0 Å². The fourth-order valence-electron chi connectivity index (χ4n) is 3.56. The Labute approximate surface area is 163 Å². The molecule has 1 aromatic heterocycles. The Kier molecular flexibility index (Phi) is 5.36. The van der Waals surface area contributed by atoms with Gasteiger partial charge in [0.1, 0.15) is 17.2 Å². The first-order valence-corrected chi connectivity index (χ1v) is 9.71. The van der Waals surface area contributed by atoms with E-state index in [9.17, 15) is 4.79 Å². The maximum absolute atomic E-state index is 12.6. The number of oxazole rings is 1. The first kappa shape index (κ1) is 18.3. The van der Waals surface area contributed by atoms with Crippen LogP contribution in [0, 0.1) is 6.92 Å². The van der Waals surface area contributed by atoms with Gasteiger partial charge in [-0.1, -0.05) is 11.6 Å². The Morgan fingerprint density at radius 3 is 2.96 bits per heavy atom. The second kappa shape index (κ2) is 7.90. The van der Waals surface area contributed by atoms with E-state index in [2.05, 4.69) is 4.98 Å². The summed E-state index contributed by atoms with van der Waals surface area (Å²) < 4.78 is 17.1. The molecule has 4 rings (SSSR count). The van der Waals surface area contributed by atoms with Crippen molar-refractivity contribution >= 4 is 17.5 Å². The van der Waals surface area contributed by atoms with E-state index >= 15 is 0 Å². The molecule has 0 bridgehead atoms. The Balaban J connectivity index is 1.37. The number of nitrogens with zero attached hydrogens (tertiary/aromatic N) is 2. The van der Waals surface area contributed by atoms with E-state index in [0.29, 0.717) is 36.2 Å². The van der Waals surface area contributed by atoms with Crippen LogP contribution in [-0.4, -0.2) is 42.2 Å². The third-order valence-corrected chi connectivity index (χ3v) is 5.39. The Hall–Kier alpha value is -2.05. The van der Waals surface area contributed by atoms with Crippen molar-refractivity contribution in [3.05, 3.63) is 46.1 Å². The molecule has 0 aliphatic carbocycles. The van der Waals surface area contributed by atoms with E-state index in [0.717, 1.165) is 49.0 Å². The molecule has 144 valence electrons. The molecule has 6 nitrogen and oxygen atoms in total. The van der Waals surface area contributed by atoms with Crippen LogP contribution in [0.2, 0.25) is 5.02 Å². The Morgan fingerprint density at radius 2 is 2.19 bits per heavy atom. The topological polar surface area (TPSA) is 64.8 Å². The normalized spacial score (nSPS) is 17.6. The number of fused-ring (bicyclic) bond motifs is 1. The molecular formula is C20H23ClN2O4. The van der Waals surface area contributed by atoms with Crippen LogP contribution < -0.4 is 4.74 Å². The molecule has 2 aromatic rings. The number of ether oxygens (including phenoxy) is 2. The minimum absolute atomic E-state index is 0.00246. The van der Waals surface area contributed by atoms with Crippen LogP contribution >= 0.6 is 11.6 Å². The van der Waals surface area contributed by atoms with Crippen LogP contribution in [0.15, 0.2) is 22.6 Å². The van der Waals surface area contributed by atoms with Crippen molar-refractivity contribution in [2.75, 3.05) is 26.4 Å². The lowest BCUT2D eigenvalue weighted by Gasteiger charge is -2.25. The second-order valence-corrected chi connectivity index (χ2v) is 7.51. The molecule has 0 unspecified atom stereocenters. The maximum Gasteiger partial charge on any atom is 0.260 e.